The first kappa shape index (κ1) is 16.1. The van der Waals surface area contributed by atoms with Crippen LogP contribution in [0.2, 0.25) is 0 Å². The number of nitro groups is 1. The molecular formula is C16H19N5O3. The van der Waals surface area contributed by atoms with Crippen molar-refractivity contribution in [3.05, 3.63) is 52.6 Å². The molecule has 0 bridgehead atoms. The fourth-order valence-corrected chi connectivity index (χ4v) is 2.87. The maximum Gasteiger partial charge on any atom is 0.294 e. The van der Waals surface area contributed by atoms with Gasteiger partial charge in [0.1, 0.15) is 5.69 Å². The molecule has 1 aliphatic rings. The monoisotopic (exact) mass is 329 g/mol. The third-order valence-electron chi connectivity index (χ3n) is 4.17. The zero-order valence-electron chi connectivity index (χ0n) is 13.1. The summed E-state index contributed by atoms with van der Waals surface area (Å²) in [4.78, 5) is 27.0. The summed E-state index contributed by atoms with van der Waals surface area (Å²) in [6, 6.07) is 4.47. The molecule has 1 fully saturated rings. The topological polar surface area (TPSA) is 102 Å². The lowest BCUT2D eigenvalue weighted by atomic mass is 9.99. The number of benzene rings is 1. The molecule has 126 valence electrons. The summed E-state index contributed by atoms with van der Waals surface area (Å²) in [7, 11) is 0. The Morgan fingerprint density at radius 3 is 3.04 bits per heavy atom. The van der Waals surface area contributed by atoms with Crippen LogP contribution in [0.5, 0.6) is 0 Å². The number of amides is 1. The van der Waals surface area contributed by atoms with E-state index < -0.39 is 4.92 Å². The van der Waals surface area contributed by atoms with Crippen molar-refractivity contribution in [3.63, 3.8) is 0 Å². The normalized spacial score (nSPS) is 17.4. The van der Waals surface area contributed by atoms with Gasteiger partial charge in [0.15, 0.2) is 0 Å². The minimum atomic E-state index is -0.489. The van der Waals surface area contributed by atoms with Gasteiger partial charge in [-0.05, 0) is 44.0 Å². The molecule has 1 unspecified atom stereocenters. The number of nitrogens with zero attached hydrogens (tertiary/aromatic N) is 3. The van der Waals surface area contributed by atoms with E-state index in [4.69, 9.17) is 0 Å². The number of nitro benzene ring substituents is 1. The van der Waals surface area contributed by atoms with Crippen LogP contribution in [0.4, 0.5) is 5.69 Å². The van der Waals surface area contributed by atoms with E-state index in [9.17, 15) is 14.9 Å². The summed E-state index contributed by atoms with van der Waals surface area (Å²) >= 11 is 0. The average molecular weight is 329 g/mol. The van der Waals surface area contributed by atoms with E-state index in [1.165, 1.54) is 12.4 Å². The van der Waals surface area contributed by atoms with Crippen LogP contribution in [-0.4, -0.2) is 40.0 Å². The fourth-order valence-electron chi connectivity index (χ4n) is 2.87. The van der Waals surface area contributed by atoms with Gasteiger partial charge in [0.05, 0.1) is 11.3 Å². The minimum absolute atomic E-state index is 0.125. The molecule has 24 heavy (non-hydrogen) atoms. The highest BCUT2D eigenvalue weighted by Crippen LogP contribution is 2.24. The summed E-state index contributed by atoms with van der Waals surface area (Å²) in [6.45, 7) is 2.48. The van der Waals surface area contributed by atoms with Crippen molar-refractivity contribution in [2.24, 2.45) is 5.92 Å². The molecule has 1 saturated heterocycles. The summed E-state index contributed by atoms with van der Waals surface area (Å²) < 4.78 is 1.55. The number of aromatic nitrogens is 2. The van der Waals surface area contributed by atoms with Crippen molar-refractivity contribution in [2.75, 3.05) is 19.6 Å². The van der Waals surface area contributed by atoms with Crippen LogP contribution in [0, 0.1) is 16.0 Å². The largest absolute Gasteiger partial charge is 0.352 e. The summed E-state index contributed by atoms with van der Waals surface area (Å²) in [5, 5.41) is 17.5. The Kier molecular flexibility index (Phi) is 4.85. The van der Waals surface area contributed by atoms with E-state index in [1.807, 2.05) is 0 Å². The molecule has 1 atom stereocenters. The molecule has 1 aromatic heterocycles. The predicted octanol–water partition coefficient (Wildman–Crippen LogP) is 1.51. The number of imidazole rings is 1. The molecule has 0 radical (unpaired) electrons. The smallest absolute Gasteiger partial charge is 0.294 e. The van der Waals surface area contributed by atoms with E-state index in [2.05, 4.69) is 15.6 Å². The predicted molar refractivity (Wildman–Crippen MR) is 88.1 cm³/mol. The van der Waals surface area contributed by atoms with Gasteiger partial charge in [0, 0.05) is 30.6 Å². The molecule has 1 aliphatic heterocycles. The standard InChI is InChI=1S/C16H19N5O3/c22-16(19-10-12-2-1-5-17-9-12)13-3-4-14(15(8-13)21(23)24)20-7-6-18-11-20/h3-4,6-8,11-12,17H,1-2,5,9-10H2,(H,19,22). The summed E-state index contributed by atoms with van der Waals surface area (Å²) in [6.07, 6.45) is 6.83. The highest BCUT2D eigenvalue weighted by molar-refractivity contribution is 5.95. The maximum absolute atomic E-state index is 12.3. The van der Waals surface area contributed by atoms with Gasteiger partial charge in [-0.1, -0.05) is 0 Å². The lowest BCUT2D eigenvalue weighted by molar-refractivity contribution is -0.384. The molecule has 2 N–H and O–H groups in total. The molecule has 1 amide bonds. The lowest BCUT2D eigenvalue weighted by Gasteiger charge is -2.22. The molecule has 8 heteroatoms. The second-order valence-corrected chi connectivity index (χ2v) is 5.85. The van der Waals surface area contributed by atoms with Gasteiger partial charge >= 0.3 is 0 Å². The van der Waals surface area contributed by atoms with Crippen molar-refractivity contribution in [3.8, 4) is 5.69 Å². The van der Waals surface area contributed by atoms with Gasteiger partial charge in [0.2, 0.25) is 0 Å². The first-order chi connectivity index (χ1) is 11.6. The fraction of sp³-hybridized carbons (Fsp3) is 0.375. The molecule has 8 nitrogen and oxygen atoms in total. The van der Waals surface area contributed by atoms with Crippen molar-refractivity contribution in [1.82, 2.24) is 20.2 Å². The maximum atomic E-state index is 12.3. The zero-order valence-corrected chi connectivity index (χ0v) is 13.1. The van der Waals surface area contributed by atoms with E-state index >= 15 is 0 Å². The van der Waals surface area contributed by atoms with Crippen LogP contribution in [0.1, 0.15) is 23.2 Å². The number of carbonyl (C=O) groups excluding carboxylic acids is 1. The van der Waals surface area contributed by atoms with Crippen molar-refractivity contribution < 1.29 is 9.72 Å². The van der Waals surface area contributed by atoms with E-state index in [-0.39, 0.29) is 17.2 Å². The van der Waals surface area contributed by atoms with E-state index in [0.29, 0.717) is 18.2 Å². The Morgan fingerprint density at radius 1 is 1.50 bits per heavy atom. The van der Waals surface area contributed by atoms with Crippen LogP contribution in [0.3, 0.4) is 0 Å². The van der Waals surface area contributed by atoms with Crippen LogP contribution >= 0.6 is 0 Å². The third-order valence-corrected chi connectivity index (χ3v) is 4.17. The van der Waals surface area contributed by atoms with Gasteiger partial charge < -0.3 is 15.2 Å². The number of hydrogen-bond acceptors (Lipinski definition) is 5. The van der Waals surface area contributed by atoms with Gasteiger partial charge in [-0.15, -0.1) is 0 Å². The molecule has 0 spiro atoms. The molecule has 0 aliphatic carbocycles. The highest BCUT2D eigenvalue weighted by Gasteiger charge is 2.20. The molecular weight excluding hydrogens is 310 g/mol. The third kappa shape index (κ3) is 3.60. The first-order valence-electron chi connectivity index (χ1n) is 7.91. The Morgan fingerprint density at radius 2 is 2.38 bits per heavy atom. The second kappa shape index (κ2) is 7.22. The molecule has 2 aromatic rings. The quantitative estimate of drug-likeness (QED) is 0.639. The number of carbonyl (C=O) groups is 1. The van der Waals surface area contributed by atoms with Crippen LogP contribution in [0.25, 0.3) is 5.69 Å². The van der Waals surface area contributed by atoms with Crippen LogP contribution in [-0.2, 0) is 0 Å². The first-order valence-corrected chi connectivity index (χ1v) is 7.91. The summed E-state index contributed by atoms with van der Waals surface area (Å²) in [5.74, 6) is 0.115. The Balaban J connectivity index is 1.74. The molecule has 0 saturated carbocycles. The highest BCUT2D eigenvalue weighted by atomic mass is 16.6. The Bertz CT molecular complexity index is 723. The van der Waals surface area contributed by atoms with Gasteiger partial charge in [-0.3, -0.25) is 14.9 Å². The van der Waals surface area contributed by atoms with Gasteiger partial charge in [-0.25, -0.2) is 4.98 Å². The van der Waals surface area contributed by atoms with E-state index in [1.54, 1.807) is 29.1 Å². The second-order valence-electron chi connectivity index (χ2n) is 5.85. The van der Waals surface area contributed by atoms with Crippen molar-refractivity contribution >= 4 is 11.6 Å². The molecule has 2 heterocycles. The van der Waals surface area contributed by atoms with Gasteiger partial charge in [0.25, 0.3) is 11.6 Å². The number of piperidine rings is 1. The average Bonchev–Trinajstić information content (AvgIpc) is 3.14. The lowest BCUT2D eigenvalue weighted by Crippen LogP contribution is -2.38. The van der Waals surface area contributed by atoms with Crippen LogP contribution in [0.15, 0.2) is 36.9 Å². The van der Waals surface area contributed by atoms with Crippen molar-refractivity contribution in [1.29, 1.82) is 0 Å². The molecule has 1 aromatic carbocycles. The minimum Gasteiger partial charge on any atom is -0.352 e. The number of nitrogens with one attached hydrogen (secondary N) is 2. The summed E-state index contributed by atoms with van der Waals surface area (Å²) in [5.41, 5.74) is 0.542. The number of hydrogen-bond donors (Lipinski definition) is 2. The Hall–Kier alpha value is -2.74. The van der Waals surface area contributed by atoms with Gasteiger partial charge in [-0.2, -0.15) is 0 Å². The van der Waals surface area contributed by atoms with Crippen LogP contribution < -0.4 is 10.6 Å². The Labute approximate surface area is 139 Å². The number of rotatable bonds is 5. The van der Waals surface area contributed by atoms with Crippen molar-refractivity contribution in [2.45, 2.75) is 12.8 Å². The SMILES string of the molecule is O=C(NCC1CCCNC1)c1ccc(-n2ccnc2)c([N+](=O)[O-])c1. The molecule has 3 rings (SSSR count). The van der Waals surface area contributed by atoms with E-state index in [0.717, 1.165) is 25.9 Å². The zero-order chi connectivity index (χ0) is 16.9.